The van der Waals surface area contributed by atoms with Gasteiger partial charge in [0, 0.05) is 30.3 Å². The van der Waals surface area contributed by atoms with E-state index in [-0.39, 0.29) is 0 Å². The third-order valence-electron chi connectivity index (χ3n) is 7.50. The van der Waals surface area contributed by atoms with E-state index >= 15 is 0 Å². The quantitative estimate of drug-likeness (QED) is 0.288. The summed E-state index contributed by atoms with van der Waals surface area (Å²) in [6.07, 6.45) is 10.3. The van der Waals surface area contributed by atoms with Gasteiger partial charge in [-0.2, -0.15) is 0 Å². The second-order valence-electron chi connectivity index (χ2n) is 9.76. The number of hydrogen-bond acceptors (Lipinski definition) is 4. The Balaban J connectivity index is 1.20. The summed E-state index contributed by atoms with van der Waals surface area (Å²) in [4.78, 5) is 23.6. The molecule has 0 atom stereocenters. The van der Waals surface area contributed by atoms with Crippen LogP contribution in [0.2, 0.25) is 0 Å². The number of aromatic nitrogens is 5. The standard InChI is InChI=1S/C31H30N6/c1-4-21-6-10-23(11-7-21)27-18-26-30(35-27)32-19-33-31(26)37-16-14-25(15-17-37)29-34-20(3)28(36-29)24-12-8-22(5-2)9-13-24/h1,6-13,18-19,25H,5,14-17H2,2-3H3,(H,34,36)(H,32,33,35). The Morgan fingerprint density at radius 1 is 0.973 bits per heavy atom. The molecule has 0 saturated carbocycles. The number of hydrogen-bond donors (Lipinski definition) is 2. The zero-order valence-corrected chi connectivity index (χ0v) is 21.3. The molecule has 6 nitrogen and oxygen atoms in total. The fourth-order valence-electron chi connectivity index (χ4n) is 5.31. The smallest absolute Gasteiger partial charge is 0.143 e. The molecule has 3 aromatic heterocycles. The highest BCUT2D eigenvalue weighted by Crippen LogP contribution is 2.34. The fourth-order valence-corrected chi connectivity index (χ4v) is 5.31. The number of terminal acetylenes is 1. The molecule has 0 spiro atoms. The van der Waals surface area contributed by atoms with Gasteiger partial charge in [0.1, 0.15) is 23.6 Å². The van der Waals surface area contributed by atoms with Crippen LogP contribution in [0.25, 0.3) is 33.5 Å². The predicted octanol–water partition coefficient (Wildman–Crippen LogP) is 6.25. The van der Waals surface area contributed by atoms with Gasteiger partial charge in [-0.3, -0.25) is 0 Å². The van der Waals surface area contributed by atoms with Crippen LogP contribution in [-0.4, -0.2) is 38.0 Å². The topological polar surface area (TPSA) is 73.5 Å². The van der Waals surface area contributed by atoms with Gasteiger partial charge in [-0.05, 0) is 61.1 Å². The molecule has 0 bridgehead atoms. The second kappa shape index (κ2) is 9.59. The van der Waals surface area contributed by atoms with Gasteiger partial charge in [-0.1, -0.05) is 49.2 Å². The van der Waals surface area contributed by atoms with Crippen molar-refractivity contribution in [3.8, 4) is 34.9 Å². The Bertz CT molecular complexity index is 1580. The van der Waals surface area contributed by atoms with Crippen LogP contribution in [0.3, 0.4) is 0 Å². The summed E-state index contributed by atoms with van der Waals surface area (Å²) >= 11 is 0. The molecule has 1 aliphatic heterocycles. The third-order valence-corrected chi connectivity index (χ3v) is 7.50. The first-order valence-corrected chi connectivity index (χ1v) is 12.9. The maximum absolute atomic E-state index is 5.51. The summed E-state index contributed by atoms with van der Waals surface area (Å²) in [6, 6.07) is 18.9. The van der Waals surface area contributed by atoms with Crippen LogP contribution in [-0.2, 0) is 6.42 Å². The van der Waals surface area contributed by atoms with Gasteiger partial charge >= 0.3 is 0 Å². The van der Waals surface area contributed by atoms with Gasteiger partial charge in [-0.25, -0.2) is 15.0 Å². The number of benzene rings is 2. The van der Waals surface area contributed by atoms with Crippen molar-refractivity contribution >= 4 is 16.9 Å². The molecule has 1 saturated heterocycles. The number of fused-ring (bicyclic) bond motifs is 1. The summed E-state index contributed by atoms with van der Waals surface area (Å²) < 4.78 is 0. The number of aromatic amines is 2. The van der Waals surface area contributed by atoms with E-state index in [1.54, 1.807) is 6.33 Å². The van der Waals surface area contributed by atoms with Crippen LogP contribution in [0.4, 0.5) is 5.82 Å². The van der Waals surface area contributed by atoms with Crippen LogP contribution < -0.4 is 4.90 Å². The van der Waals surface area contributed by atoms with Crippen molar-refractivity contribution in [2.45, 2.75) is 39.0 Å². The van der Waals surface area contributed by atoms with Gasteiger partial charge in [0.05, 0.1) is 16.8 Å². The number of imidazole rings is 1. The summed E-state index contributed by atoms with van der Waals surface area (Å²) in [6.45, 7) is 6.13. The number of rotatable bonds is 5. The minimum absolute atomic E-state index is 0.410. The molecule has 1 fully saturated rings. The van der Waals surface area contributed by atoms with Gasteiger partial charge < -0.3 is 14.9 Å². The van der Waals surface area contributed by atoms with Crippen molar-refractivity contribution in [3.63, 3.8) is 0 Å². The minimum atomic E-state index is 0.410. The van der Waals surface area contributed by atoms with E-state index in [0.29, 0.717) is 5.92 Å². The molecule has 6 heteroatoms. The second-order valence-corrected chi connectivity index (χ2v) is 9.76. The molecule has 37 heavy (non-hydrogen) atoms. The molecule has 2 N–H and O–H groups in total. The van der Waals surface area contributed by atoms with Crippen LogP contribution in [0.1, 0.15) is 48.3 Å². The van der Waals surface area contributed by atoms with Crippen molar-refractivity contribution in [2.24, 2.45) is 0 Å². The average molecular weight is 487 g/mol. The lowest BCUT2D eigenvalue weighted by Gasteiger charge is -2.32. The summed E-state index contributed by atoms with van der Waals surface area (Å²) in [5.41, 5.74) is 8.56. The molecule has 0 radical (unpaired) electrons. The van der Waals surface area contributed by atoms with E-state index in [1.165, 1.54) is 11.1 Å². The highest BCUT2D eigenvalue weighted by Gasteiger charge is 2.26. The van der Waals surface area contributed by atoms with E-state index < -0.39 is 0 Å². The van der Waals surface area contributed by atoms with Gasteiger partial charge in [0.15, 0.2) is 0 Å². The van der Waals surface area contributed by atoms with E-state index in [0.717, 1.165) is 83.2 Å². The van der Waals surface area contributed by atoms with Gasteiger partial charge in [-0.15, -0.1) is 6.42 Å². The monoisotopic (exact) mass is 486 g/mol. The number of nitrogens with zero attached hydrogens (tertiary/aromatic N) is 4. The zero-order chi connectivity index (χ0) is 25.4. The summed E-state index contributed by atoms with van der Waals surface area (Å²) in [5.74, 6) is 5.16. The van der Waals surface area contributed by atoms with Crippen molar-refractivity contribution in [3.05, 3.63) is 83.6 Å². The SMILES string of the molecule is C#Cc1ccc(-c2cc3c(N4CCC(c5nc(C)c(-c6ccc(CC)cc6)[nH]5)CC4)ncnc3[nH]2)cc1. The van der Waals surface area contributed by atoms with Crippen LogP contribution in [0.5, 0.6) is 0 Å². The Morgan fingerprint density at radius 3 is 2.41 bits per heavy atom. The highest BCUT2D eigenvalue weighted by molar-refractivity contribution is 5.92. The molecule has 4 heterocycles. The number of nitrogens with one attached hydrogen (secondary N) is 2. The molecule has 2 aromatic carbocycles. The Hall–Kier alpha value is -4.37. The number of H-pyrrole nitrogens is 2. The first-order valence-electron chi connectivity index (χ1n) is 12.9. The Morgan fingerprint density at radius 2 is 1.70 bits per heavy atom. The summed E-state index contributed by atoms with van der Waals surface area (Å²) in [5, 5.41) is 1.05. The molecule has 0 amide bonds. The lowest BCUT2D eigenvalue weighted by Crippen LogP contribution is -2.33. The van der Waals surface area contributed by atoms with Crippen LogP contribution >= 0.6 is 0 Å². The minimum Gasteiger partial charge on any atom is -0.356 e. The largest absolute Gasteiger partial charge is 0.356 e. The van der Waals surface area contributed by atoms with Crippen molar-refractivity contribution < 1.29 is 0 Å². The van der Waals surface area contributed by atoms with Crippen molar-refractivity contribution in [1.29, 1.82) is 0 Å². The Labute approximate surface area is 217 Å². The maximum atomic E-state index is 5.51. The Kier molecular flexibility index (Phi) is 5.97. The van der Waals surface area contributed by atoms with Crippen molar-refractivity contribution in [1.82, 2.24) is 24.9 Å². The normalized spacial score (nSPS) is 14.2. The molecule has 0 aliphatic carbocycles. The lowest BCUT2D eigenvalue weighted by atomic mass is 9.96. The van der Waals surface area contributed by atoms with Crippen LogP contribution in [0.15, 0.2) is 60.9 Å². The van der Waals surface area contributed by atoms with E-state index in [2.05, 4.69) is 74.9 Å². The van der Waals surface area contributed by atoms with E-state index in [1.807, 2.05) is 24.3 Å². The van der Waals surface area contributed by atoms with E-state index in [4.69, 9.17) is 11.4 Å². The number of piperidine rings is 1. The molecule has 1 aliphatic rings. The van der Waals surface area contributed by atoms with Gasteiger partial charge in [0.2, 0.25) is 0 Å². The van der Waals surface area contributed by atoms with Crippen LogP contribution in [0, 0.1) is 19.3 Å². The first-order chi connectivity index (χ1) is 18.1. The average Bonchev–Trinajstić information content (AvgIpc) is 3.57. The third kappa shape index (κ3) is 4.38. The number of anilines is 1. The molecular weight excluding hydrogens is 456 g/mol. The molecular formula is C31H30N6. The predicted molar refractivity (Wildman–Crippen MR) is 150 cm³/mol. The molecule has 6 rings (SSSR count). The maximum Gasteiger partial charge on any atom is 0.143 e. The molecule has 184 valence electrons. The zero-order valence-electron chi connectivity index (χ0n) is 21.3. The summed E-state index contributed by atoms with van der Waals surface area (Å²) in [7, 11) is 0. The lowest BCUT2D eigenvalue weighted by molar-refractivity contribution is 0.487. The van der Waals surface area contributed by atoms with Gasteiger partial charge in [0.25, 0.3) is 0 Å². The number of aryl methyl sites for hydroxylation is 2. The first kappa shape index (κ1) is 23.1. The van der Waals surface area contributed by atoms with Crippen molar-refractivity contribution in [2.75, 3.05) is 18.0 Å². The van der Waals surface area contributed by atoms with E-state index in [9.17, 15) is 0 Å². The fraction of sp³-hybridized carbons (Fsp3) is 0.258. The molecule has 5 aromatic rings. The molecule has 0 unspecified atom stereocenters. The highest BCUT2D eigenvalue weighted by atomic mass is 15.2.